The van der Waals surface area contributed by atoms with E-state index < -0.39 is 0 Å². The minimum atomic E-state index is 0.0966. The molecule has 0 radical (unpaired) electrons. The number of fused-ring (bicyclic) bond motifs is 3. The van der Waals surface area contributed by atoms with Crippen LogP contribution >= 0.6 is 0 Å². The van der Waals surface area contributed by atoms with Crippen molar-refractivity contribution in [2.75, 3.05) is 13.4 Å². The highest BCUT2D eigenvalue weighted by Crippen LogP contribution is 2.49. The molecule has 1 heterocycles. The Hall–Kier alpha value is -0.340. The van der Waals surface area contributed by atoms with Crippen molar-refractivity contribution in [2.45, 2.75) is 18.4 Å². The summed E-state index contributed by atoms with van der Waals surface area (Å²) < 4.78 is 10.9. The summed E-state index contributed by atoms with van der Waals surface area (Å²) in [5.74, 6) is 1.43. The third-order valence-corrected chi connectivity index (χ3v) is 3.23. The lowest BCUT2D eigenvalue weighted by Gasteiger charge is -2.27. The van der Waals surface area contributed by atoms with E-state index in [1.54, 1.807) is 0 Å². The Balaban J connectivity index is 1.94. The van der Waals surface area contributed by atoms with E-state index >= 15 is 0 Å². The number of hydrogen-bond donors (Lipinski definition) is 0. The largest absolute Gasteiger partial charge is 0.352 e. The van der Waals surface area contributed by atoms with Gasteiger partial charge >= 0.3 is 0 Å². The average Bonchev–Trinajstić information content (AvgIpc) is 2.64. The molecule has 2 bridgehead atoms. The molecule has 3 unspecified atom stereocenters. The molecule has 2 aliphatic carbocycles. The molecule has 3 atom stereocenters. The summed E-state index contributed by atoms with van der Waals surface area (Å²) in [6, 6.07) is 0. The van der Waals surface area contributed by atoms with Crippen LogP contribution in [-0.4, -0.2) is 19.0 Å². The predicted octanol–water partition coefficient (Wildman–Crippen LogP) is 1.33. The summed E-state index contributed by atoms with van der Waals surface area (Å²) in [6.07, 6.45) is 7.12. The van der Waals surface area contributed by atoms with Gasteiger partial charge < -0.3 is 9.47 Å². The maximum atomic E-state index is 5.66. The van der Waals surface area contributed by atoms with Crippen LogP contribution in [0.2, 0.25) is 0 Å². The number of hydrogen-bond acceptors (Lipinski definition) is 2. The average molecular weight is 152 g/mol. The summed E-state index contributed by atoms with van der Waals surface area (Å²) in [6.45, 7) is 1.33. The van der Waals surface area contributed by atoms with E-state index in [1.807, 2.05) is 0 Å². The van der Waals surface area contributed by atoms with Crippen LogP contribution in [0.1, 0.15) is 12.8 Å². The van der Waals surface area contributed by atoms with Gasteiger partial charge in [0.05, 0.1) is 6.61 Å². The molecule has 2 nitrogen and oxygen atoms in total. The fourth-order valence-corrected chi connectivity index (χ4v) is 2.66. The molecule has 0 aromatic heterocycles. The van der Waals surface area contributed by atoms with Crippen LogP contribution in [0.4, 0.5) is 0 Å². The van der Waals surface area contributed by atoms with Gasteiger partial charge in [0.25, 0.3) is 0 Å². The molecule has 11 heavy (non-hydrogen) atoms. The van der Waals surface area contributed by atoms with E-state index in [2.05, 4.69) is 12.2 Å². The lowest BCUT2D eigenvalue weighted by molar-refractivity contribution is -0.0233. The summed E-state index contributed by atoms with van der Waals surface area (Å²) in [5, 5.41) is 0. The molecule has 3 rings (SSSR count). The molecular formula is C9H12O2. The van der Waals surface area contributed by atoms with E-state index in [9.17, 15) is 0 Å². The van der Waals surface area contributed by atoms with Crippen molar-refractivity contribution >= 4 is 0 Å². The maximum Gasteiger partial charge on any atom is 0.147 e. The van der Waals surface area contributed by atoms with Gasteiger partial charge in [-0.05, 0) is 18.8 Å². The standard InChI is InChI=1S/C9H12O2/c1-2-8-3-7(1)4-9(8)5-10-6-11-9/h1-2,7-8H,3-6H2. The minimum Gasteiger partial charge on any atom is -0.352 e. The lowest BCUT2D eigenvalue weighted by atomic mass is 9.89. The Kier molecular flexibility index (Phi) is 1.06. The third kappa shape index (κ3) is 0.690. The Morgan fingerprint density at radius 2 is 2.36 bits per heavy atom. The Morgan fingerprint density at radius 3 is 2.91 bits per heavy atom. The Bertz CT molecular complexity index is 204. The van der Waals surface area contributed by atoms with Crippen molar-refractivity contribution in [3.8, 4) is 0 Å². The van der Waals surface area contributed by atoms with Crippen LogP contribution in [0.5, 0.6) is 0 Å². The van der Waals surface area contributed by atoms with Gasteiger partial charge in [0, 0.05) is 5.92 Å². The first kappa shape index (κ1) is 6.21. The third-order valence-electron chi connectivity index (χ3n) is 3.23. The van der Waals surface area contributed by atoms with E-state index in [0.29, 0.717) is 12.7 Å². The van der Waals surface area contributed by atoms with Gasteiger partial charge in [0.1, 0.15) is 12.4 Å². The van der Waals surface area contributed by atoms with Gasteiger partial charge in [-0.3, -0.25) is 0 Å². The van der Waals surface area contributed by atoms with Gasteiger partial charge in [-0.15, -0.1) is 0 Å². The quantitative estimate of drug-likeness (QED) is 0.487. The van der Waals surface area contributed by atoms with Crippen LogP contribution in [0.3, 0.4) is 0 Å². The summed E-state index contributed by atoms with van der Waals surface area (Å²) in [5.41, 5.74) is 0.0966. The zero-order chi connectivity index (χ0) is 7.31. The van der Waals surface area contributed by atoms with Crippen molar-refractivity contribution in [3.05, 3.63) is 12.2 Å². The van der Waals surface area contributed by atoms with Gasteiger partial charge in [-0.2, -0.15) is 0 Å². The van der Waals surface area contributed by atoms with E-state index in [1.165, 1.54) is 12.8 Å². The first-order chi connectivity index (χ1) is 5.39. The highest BCUT2D eigenvalue weighted by Gasteiger charge is 2.51. The van der Waals surface area contributed by atoms with Gasteiger partial charge in [0.2, 0.25) is 0 Å². The van der Waals surface area contributed by atoms with Crippen molar-refractivity contribution in [1.29, 1.82) is 0 Å². The second-order valence-corrected chi connectivity index (χ2v) is 3.87. The van der Waals surface area contributed by atoms with E-state index in [4.69, 9.17) is 9.47 Å². The lowest BCUT2D eigenvalue weighted by Crippen LogP contribution is -2.35. The zero-order valence-electron chi connectivity index (χ0n) is 6.45. The first-order valence-corrected chi connectivity index (χ1v) is 4.29. The van der Waals surface area contributed by atoms with Crippen LogP contribution in [-0.2, 0) is 9.47 Å². The molecule has 3 aliphatic rings. The fraction of sp³-hybridized carbons (Fsp3) is 0.778. The van der Waals surface area contributed by atoms with E-state index in [-0.39, 0.29) is 5.60 Å². The topological polar surface area (TPSA) is 18.5 Å². The molecule has 1 spiro atoms. The SMILES string of the molecule is C1=CC2CC1CC21COCO1. The molecule has 2 heteroatoms. The highest BCUT2D eigenvalue weighted by atomic mass is 16.7. The van der Waals surface area contributed by atoms with Crippen LogP contribution in [0.15, 0.2) is 12.2 Å². The molecule has 60 valence electrons. The summed E-state index contributed by atoms with van der Waals surface area (Å²) in [7, 11) is 0. The molecule has 0 N–H and O–H groups in total. The molecule has 1 saturated heterocycles. The van der Waals surface area contributed by atoms with Crippen molar-refractivity contribution in [3.63, 3.8) is 0 Å². The molecular weight excluding hydrogens is 140 g/mol. The summed E-state index contributed by atoms with van der Waals surface area (Å²) >= 11 is 0. The van der Waals surface area contributed by atoms with Gasteiger partial charge in [-0.1, -0.05) is 12.2 Å². The van der Waals surface area contributed by atoms with Crippen LogP contribution < -0.4 is 0 Å². The summed E-state index contributed by atoms with van der Waals surface area (Å²) in [4.78, 5) is 0. The number of ether oxygens (including phenoxy) is 2. The maximum absolute atomic E-state index is 5.66. The van der Waals surface area contributed by atoms with Crippen molar-refractivity contribution in [1.82, 2.24) is 0 Å². The smallest absolute Gasteiger partial charge is 0.147 e. The van der Waals surface area contributed by atoms with Crippen LogP contribution in [0.25, 0.3) is 0 Å². The van der Waals surface area contributed by atoms with Gasteiger partial charge in [0.15, 0.2) is 0 Å². The van der Waals surface area contributed by atoms with Gasteiger partial charge in [-0.25, -0.2) is 0 Å². The number of allylic oxidation sites excluding steroid dienone is 1. The van der Waals surface area contributed by atoms with E-state index in [0.717, 1.165) is 12.5 Å². The second kappa shape index (κ2) is 1.87. The zero-order valence-corrected chi connectivity index (χ0v) is 6.45. The van der Waals surface area contributed by atoms with Crippen molar-refractivity contribution in [2.24, 2.45) is 11.8 Å². The minimum absolute atomic E-state index is 0.0966. The first-order valence-electron chi connectivity index (χ1n) is 4.29. The monoisotopic (exact) mass is 152 g/mol. The molecule has 2 fully saturated rings. The fourth-order valence-electron chi connectivity index (χ4n) is 2.66. The predicted molar refractivity (Wildman–Crippen MR) is 40.0 cm³/mol. The molecule has 1 aliphatic heterocycles. The number of rotatable bonds is 0. The molecule has 0 aromatic carbocycles. The Morgan fingerprint density at radius 1 is 1.36 bits per heavy atom. The normalized spacial score (nSPS) is 53.1. The molecule has 0 aromatic rings. The molecule has 1 saturated carbocycles. The second-order valence-electron chi connectivity index (χ2n) is 3.87. The Labute approximate surface area is 66.2 Å². The van der Waals surface area contributed by atoms with Crippen LogP contribution in [0, 0.1) is 11.8 Å². The highest BCUT2D eigenvalue weighted by molar-refractivity contribution is 5.17. The van der Waals surface area contributed by atoms with Crippen molar-refractivity contribution < 1.29 is 9.47 Å². The molecule has 0 amide bonds.